The average molecular weight is 436 g/mol. The van der Waals surface area contributed by atoms with Gasteiger partial charge >= 0.3 is 0 Å². The number of sulfonamides is 1. The quantitative estimate of drug-likeness (QED) is 0.727. The van der Waals surface area contributed by atoms with Gasteiger partial charge in [-0.05, 0) is 56.2 Å². The van der Waals surface area contributed by atoms with Gasteiger partial charge in [-0.25, -0.2) is 18.1 Å². The maximum atomic E-state index is 12.7. The third-order valence-corrected chi connectivity index (χ3v) is 7.79. The summed E-state index contributed by atoms with van der Waals surface area (Å²) in [6.45, 7) is 3.13. The molecule has 4 rings (SSSR count). The number of anilines is 1. The zero-order valence-electron chi connectivity index (χ0n) is 16.3. The number of fused-ring (bicyclic) bond motifs is 1. The van der Waals surface area contributed by atoms with Crippen LogP contribution in [-0.4, -0.2) is 38.6 Å². The molecular weight excluding hydrogens is 410 g/mol. The molecular formula is C20H25N3O4S2. The Morgan fingerprint density at radius 3 is 3.00 bits per heavy atom. The Kier molecular flexibility index (Phi) is 6.00. The number of aromatic nitrogens is 1. The van der Waals surface area contributed by atoms with Crippen LogP contribution in [0.2, 0.25) is 0 Å². The van der Waals surface area contributed by atoms with E-state index in [-0.39, 0.29) is 29.0 Å². The van der Waals surface area contributed by atoms with Crippen molar-refractivity contribution >= 4 is 32.4 Å². The van der Waals surface area contributed by atoms with Gasteiger partial charge in [0.15, 0.2) is 5.13 Å². The van der Waals surface area contributed by atoms with Crippen LogP contribution < -0.4 is 10.0 Å². The van der Waals surface area contributed by atoms with E-state index in [1.54, 1.807) is 12.1 Å². The van der Waals surface area contributed by atoms with Crippen molar-refractivity contribution in [2.45, 2.75) is 50.0 Å². The van der Waals surface area contributed by atoms with Gasteiger partial charge in [-0.1, -0.05) is 13.0 Å². The molecule has 2 unspecified atom stereocenters. The molecule has 0 bridgehead atoms. The van der Waals surface area contributed by atoms with Crippen molar-refractivity contribution < 1.29 is 17.9 Å². The van der Waals surface area contributed by atoms with Crippen molar-refractivity contribution in [2.24, 2.45) is 5.92 Å². The van der Waals surface area contributed by atoms with E-state index >= 15 is 0 Å². The molecule has 2 aromatic rings. The molecule has 2 aliphatic rings. The van der Waals surface area contributed by atoms with Gasteiger partial charge in [-0.2, -0.15) is 0 Å². The number of nitrogens with zero attached hydrogens (tertiary/aromatic N) is 1. The molecule has 2 N–H and O–H groups in total. The standard InChI is InChI=1S/C20H25N3O4S2/c1-13-7-8-17-18(10-13)28-20(22-17)23-19(24)14-4-2-6-16(11-14)29(25,26)21-12-15-5-3-9-27-15/h2,4,6,11,13,15,21H,3,5,7-10,12H2,1H3,(H,22,23,24). The molecule has 1 saturated heterocycles. The van der Waals surface area contributed by atoms with E-state index in [1.807, 2.05) is 0 Å². The highest BCUT2D eigenvalue weighted by molar-refractivity contribution is 7.89. The molecule has 1 fully saturated rings. The van der Waals surface area contributed by atoms with Crippen LogP contribution in [0, 0.1) is 5.92 Å². The van der Waals surface area contributed by atoms with E-state index in [0.717, 1.165) is 37.8 Å². The summed E-state index contributed by atoms with van der Waals surface area (Å²) in [5, 5.41) is 3.39. The molecule has 1 amide bonds. The molecule has 0 saturated carbocycles. The van der Waals surface area contributed by atoms with Crippen LogP contribution in [0.5, 0.6) is 0 Å². The molecule has 0 radical (unpaired) electrons. The average Bonchev–Trinajstić information content (AvgIpc) is 3.35. The van der Waals surface area contributed by atoms with E-state index in [9.17, 15) is 13.2 Å². The van der Waals surface area contributed by atoms with Crippen molar-refractivity contribution in [1.29, 1.82) is 0 Å². The normalized spacial score (nSPS) is 21.7. The minimum atomic E-state index is -3.71. The lowest BCUT2D eigenvalue weighted by Gasteiger charge is -2.15. The highest BCUT2D eigenvalue weighted by Crippen LogP contribution is 2.32. The van der Waals surface area contributed by atoms with Crippen molar-refractivity contribution in [3.05, 3.63) is 40.4 Å². The lowest BCUT2D eigenvalue weighted by Crippen LogP contribution is -2.32. The number of carbonyl (C=O) groups excluding carboxylic acids is 1. The van der Waals surface area contributed by atoms with Gasteiger partial charge in [0.05, 0.1) is 16.7 Å². The van der Waals surface area contributed by atoms with Gasteiger partial charge < -0.3 is 4.74 Å². The number of ether oxygens (including phenoxy) is 1. The van der Waals surface area contributed by atoms with E-state index in [0.29, 0.717) is 17.7 Å². The Labute approximate surface area is 174 Å². The lowest BCUT2D eigenvalue weighted by atomic mass is 9.93. The molecule has 1 aliphatic carbocycles. The van der Waals surface area contributed by atoms with Gasteiger partial charge in [-0.3, -0.25) is 10.1 Å². The molecule has 1 aromatic heterocycles. The summed E-state index contributed by atoms with van der Waals surface area (Å²) in [4.78, 5) is 18.5. The number of amides is 1. The van der Waals surface area contributed by atoms with Crippen molar-refractivity contribution in [1.82, 2.24) is 9.71 Å². The SMILES string of the molecule is CC1CCc2nc(NC(=O)c3cccc(S(=O)(=O)NCC4CCCO4)c3)sc2C1. The molecule has 156 valence electrons. The van der Waals surface area contributed by atoms with E-state index in [2.05, 4.69) is 21.9 Å². The number of thiazole rings is 1. The number of hydrogen-bond donors (Lipinski definition) is 2. The zero-order chi connectivity index (χ0) is 20.4. The minimum Gasteiger partial charge on any atom is -0.377 e. The first-order chi connectivity index (χ1) is 13.9. The van der Waals surface area contributed by atoms with E-state index < -0.39 is 10.0 Å². The number of aryl methyl sites for hydroxylation is 1. The summed E-state index contributed by atoms with van der Waals surface area (Å²) in [6.07, 6.45) is 4.75. The molecule has 9 heteroatoms. The second-order valence-electron chi connectivity index (χ2n) is 7.71. The van der Waals surface area contributed by atoms with Crippen LogP contribution in [-0.2, 0) is 27.6 Å². The summed E-state index contributed by atoms with van der Waals surface area (Å²) < 4.78 is 33.2. The molecule has 1 aliphatic heterocycles. The van der Waals surface area contributed by atoms with Crippen LogP contribution in [0.15, 0.2) is 29.2 Å². The smallest absolute Gasteiger partial charge is 0.257 e. The number of nitrogens with one attached hydrogen (secondary N) is 2. The molecule has 1 aromatic carbocycles. The third-order valence-electron chi connectivity index (χ3n) is 5.34. The lowest BCUT2D eigenvalue weighted by molar-refractivity contribution is 0.102. The Balaban J connectivity index is 1.44. The van der Waals surface area contributed by atoms with Gasteiger partial charge in [0.25, 0.3) is 5.91 Å². The minimum absolute atomic E-state index is 0.0652. The Morgan fingerprint density at radius 2 is 2.21 bits per heavy atom. The van der Waals surface area contributed by atoms with Crippen LogP contribution >= 0.6 is 11.3 Å². The molecule has 2 heterocycles. The van der Waals surface area contributed by atoms with Crippen LogP contribution in [0.4, 0.5) is 5.13 Å². The summed E-state index contributed by atoms with van der Waals surface area (Å²) in [6, 6.07) is 6.05. The second-order valence-corrected chi connectivity index (χ2v) is 10.6. The highest BCUT2D eigenvalue weighted by Gasteiger charge is 2.23. The largest absolute Gasteiger partial charge is 0.377 e. The predicted octanol–water partition coefficient (Wildman–Crippen LogP) is 2.98. The first-order valence-electron chi connectivity index (χ1n) is 9.92. The third kappa shape index (κ3) is 4.85. The van der Waals surface area contributed by atoms with Crippen LogP contribution in [0.25, 0.3) is 0 Å². The van der Waals surface area contributed by atoms with Gasteiger partial charge in [0, 0.05) is 23.6 Å². The Morgan fingerprint density at radius 1 is 1.34 bits per heavy atom. The summed E-state index contributed by atoms with van der Waals surface area (Å²) in [5.41, 5.74) is 1.35. The Hall–Kier alpha value is -1.81. The highest BCUT2D eigenvalue weighted by atomic mass is 32.2. The fourth-order valence-corrected chi connectivity index (χ4v) is 5.94. The first kappa shape index (κ1) is 20.5. The second kappa shape index (κ2) is 8.51. The van der Waals surface area contributed by atoms with E-state index in [1.165, 1.54) is 28.3 Å². The van der Waals surface area contributed by atoms with Crippen molar-refractivity contribution in [3.8, 4) is 0 Å². The maximum Gasteiger partial charge on any atom is 0.257 e. The summed E-state index contributed by atoms with van der Waals surface area (Å²) in [7, 11) is -3.71. The van der Waals surface area contributed by atoms with Crippen LogP contribution in [0.3, 0.4) is 0 Å². The van der Waals surface area contributed by atoms with Crippen molar-refractivity contribution in [3.63, 3.8) is 0 Å². The maximum absolute atomic E-state index is 12.7. The summed E-state index contributed by atoms with van der Waals surface area (Å²) >= 11 is 1.51. The molecule has 2 atom stereocenters. The Bertz CT molecular complexity index is 997. The van der Waals surface area contributed by atoms with E-state index in [4.69, 9.17) is 4.74 Å². The van der Waals surface area contributed by atoms with Gasteiger partial charge in [0.1, 0.15) is 0 Å². The van der Waals surface area contributed by atoms with Crippen molar-refractivity contribution in [2.75, 3.05) is 18.5 Å². The predicted molar refractivity (Wildman–Crippen MR) is 112 cm³/mol. The number of carbonyl (C=O) groups is 1. The molecule has 7 nitrogen and oxygen atoms in total. The zero-order valence-corrected chi connectivity index (χ0v) is 17.9. The monoisotopic (exact) mass is 435 g/mol. The first-order valence-corrected chi connectivity index (χ1v) is 12.2. The number of hydrogen-bond acceptors (Lipinski definition) is 6. The fourth-order valence-electron chi connectivity index (χ4n) is 3.66. The molecule has 29 heavy (non-hydrogen) atoms. The summed E-state index contributed by atoms with van der Waals surface area (Å²) in [5.74, 6) is 0.274. The molecule has 0 spiro atoms. The topological polar surface area (TPSA) is 97.4 Å². The van der Waals surface area contributed by atoms with Gasteiger partial charge in [0.2, 0.25) is 10.0 Å². The van der Waals surface area contributed by atoms with Gasteiger partial charge in [-0.15, -0.1) is 11.3 Å². The number of benzene rings is 1. The van der Waals surface area contributed by atoms with Crippen LogP contribution in [0.1, 0.15) is 47.1 Å². The number of rotatable bonds is 6. The fraction of sp³-hybridized carbons (Fsp3) is 0.500.